The van der Waals surface area contributed by atoms with Gasteiger partial charge >= 0.3 is 5.92 Å². The topological polar surface area (TPSA) is 3.24 Å². The van der Waals surface area contributed by atoms with Crippen LogP contribution in [0, 0.1) is 31.1 Å². The molecule has 5 heteroatoms. The first-order valence-electron chi connectivity index (χ1n) is 7.11. The van der Waals surface area contributed by atoms with E-state index in [1.807, 2.05) is 45.2 Å². The number of hydrogen-bond donors (Lipinski definition) is 0. The molecule has 0 N–H and O–H groups in total. The smallest absolute Gasteiger partial charge is 0.306 e. The maximum Gasteiger partial charge on any atom is 0.409 e. The maximum atomic E-state index is 13.5. The summed E-state index contributed by atoms with van der Waals surface area (Å²) in [6.45, 7) is 2.01. The molecular formula is C17H20F3NP. The molecule has 1 aliphatic rings. The number of benzene rings is 1. The monoisotopic (exact) mass is 326 g/mol. The van der Waals surface area contributed by atoms with Gasteiger partial charge in [-0.3, -0.25) is 0 Å². The van der Waals surface area contributed by atoms with Gasteiger partial charge in [-0.15, -0.1) is 0 Å². The Morgan fingerprint density at radius 2 is 1.73 bits per heavy atom. The molecule has 1 aromatic rings. The first-order valence-corrected chi connectivity index (χ1v) is 8.63. The van der Waals surface area contributed by atoms with Crippen LogP contribution in [-0.2, 0) is 0 Å². The van der Waals surface area contributed by atoms with E-state index in [9.17, 15) is 13.2 Å². The minimum absolute atomic E-state index is 0.0450. The number of hydrogen-bond acceptors (Lipinski definition) is 1. The molecule has 0 bridgehead atoms. The number of rotatable bonds is 5. The van der Waals surface area contributed by atoms with Crippen LogP contribution in [-0.4, -0.2) is 37.1 Å². The van der Waals surface area contributed by atoms with E-state index in [0.717, 1.165) is 11.8 Å². The Morgan fingerprint density at radius 3 is 2.27 bits per heavy atom. The summed E-state index contributed by atoms with van der Waals surface area (Å²) in [4.78, 5) is 2.01. The predicted octanol–water partition coefficient (Wildman–Crippen LogP) is 4.04. The molecule has 0 unspecified atom stereocenters. The van der Waals surface area contributed by atoms with Crippen molar-refractivity contribution < 1.29 is 13.2 Å². The summed E-state index contributed by atoms with van der Waals surface area (Å²) in [5.41, 5.74) is 0. The Labute approximate surface area is 132 Å². The van der Waals surface area contributed by atoms with Crippen LogP contribution in [0.5, 0.6) is 0 Å². The third-order valence-electron chi connectivity index (χ3n) is 3.87. The molecule has 0 spiro atoms. The van der Waals surface area contributed by atoms with Crippen LogP contribution in [0.4, 0.5) is 13.2 Å². The van der Waals surface area contributed by atoms with E-state index < -0.39 is 13.8 Å². The van der Waals surface area contributed by atoms with Gasteiger partial charge in [-0.2, -0.15) is 13.2 Å². The summed E-state index contributed by atoms with van der Waals surface area (Å²) in [7, 11) is 1.65. The van der Waals surface area contributed by atoms with Crippen LogP contribution in [0.1, 0.15) is 6.92 Å². The van der Waals surface area contributed by atoms with E-state index in [4.69, 9.17) is 0 Å². The largest absolute Gasteiger partial charge is 0.409 e. The lowest BCUT2D eigenvalue weighted by atomic mass is 9.90. The molecule has 2 atom stereocenters. The molecule has 2 rings (SSSR count). The second kappa shape index (κ2) is 7.31. The SMILES string of the molecule is C[C@H]([C]1[CH][CH][CH][C]1C[P@](c1ccccc1)C(F)(F)F)N(C)C. The molecule has 1 fully saturated rings. The van der Waals surface area contributed by atoms with Crippen molar-refractivity contribution in [2.75, 3.05) is 20.3 Å². The lowest BCUT2D eigenvalue weighted by Gasteiger charge is -2.32. The highest BCUT2D eigenvalue weighted by Gasteiger charge is 2.45. The van der Waals surface area contributed by atoms with Gasteiger partial charge in [-0.1, -0.05) is 30.3 Å². The van der Waals surface area contributed by atoms with Gasteiger partial charge in [0.05, 0.1) is 0 Å². The van der Waals surface area contributed by atoms with Crippen molar-refractivity contribution in [1.82, 2.24) is 4.90 Å². The third-order valence-corrected chi connectivity index (χ3v) is 6.06. The minimum Gasteiger partial charge on any atom is -0.306 e. The van der Waals surface area contributed by atoms with Crippen LogP contribution in [0.3, 0.4) is 0 Å². The molecule has 0 saturated heterocycles. The fraction of sp³-hybridized carbons (Fsp3) is 0.353. The number of halogens is 3. The molecule has 1 nitrogen and oxygen atoms in total. The van der Waals surface area contributed by atoms with Crippen LogP contribution in [0.2, 0.25) is 0 Å². The highest BCUT2D eigenvalue weighted by atomic mass is 31.1. The Bertz CT molecular complexity index is 461. The quantitative estimate of drug-likeness (QED) is 0.738. The summed E-state index contributed by atoms with van der Waals surface area (Å²) in [6.07, 6.45) is 5.64. The maximum absolute atomic E-state index is 13.5. The lowest BCUT2D eigenvalue weighted by Crippen LogP contribution is -2.34. The molecular weight excluding hydrogens is 306 g/mol. The molecule has 1 saturated carbocycles. The molecule has 0 aliphatic heterocycles. The van der Waals surface area contributed by atoms with E-state index >= 15 is 0 Å². The summed E-state index contributed by atoms with van der Waals surface area (Å²) < 4.78 is 40.5. The van der Waals surface area contributed by atoms with Gasteiger partial charge in [0.1, 0.15) is 0 Å². The Kier molecular flexibility index (Phi) is 5.90. The summed E-state index contributed by atoms with van der Waals surface area (Å²) >= 11 is 0. The Morgan fingerprint density at radius 1 is 1.09 bits per heavy atom. The zero-order chi connectivity index (χ0) is 16.3. The van der Waals surface area contributed by atoms with E-state index in [-0.39, 0.29) is 12.2 Å². The van der Waals surface area contributed by atoms with Gasteiger partial charge in [0.25, 0.3) is 0 Å². The first kappa shape index (κ1) is 17.7. The molecule has 0 heterocycles. The Balaban J connectivity index is 2.17. The summed E-state index contributed by atoms with van der Waals surface area (Å²) in [5, 5.41) is 0.384. The van der Waals surface area contributed by atoms with E-state index in [0.29, 0.717) is 5.30 Å². The minimum atomic E-state index is -4.19. The van der Waals surface area contributed by atoms with Gasteiger partial charge in [0, 0.05) is 19.9 Å². The van der Waals surface area contributed by atoms with Crippen LogP contribution in [0.25, 0.3) is 0 Å². The second-order valence-electron chi connectivity index (χ2n) is 5.54. The van der Waals surface area contributed by atoms with Crippen LogP contribution >= 0.6 is 7.92 Å². The van der Waals surface area contributed by atoms with Crippen molar-refractivity contribution in [2.45, 2.75) is 18.9 Å². The molecule has 22 heavy (non-hydrogen) atoms. The van der Waals surface area contributed by atoms with Crippen molar-refractivity contribution in [1.29, 1.82) is 0 Å². The normalized spacial score (nSPS) is 20.5. The predicted molar refractivity (Wildman–Crippen MR) is 86.5 cm³/mol. The zero-order valence-electron chi connectivity index (χ0n) is 12.9. The van der Waals surface area contributed by atoms with Crippen molar-refractivity contribution >= 4 is 13.2 Å². The highest BCUT2D eigenvalue weighted by molar-refractivity contribution is 7.66. The number of alkyl halides is 3. The van der Waals surface area contributed by atoms with E-state index in [2.05, 4.69) is 0 Å². The fourth-order valence-electron chi connectivity index (χ4n) is 2.41. The van der Waals surface area contributed by atoms with Gasteiger partial charge in [0.15, 0.2) is 0 Å². The van der Waals surface area contributed by atoms with Crippen molar-refractivity contribution in [2.24, 2.45) is 0 Å². The Hall–Kier alpha value is -0.600. The van der Waals surface area contributed by atoms with E-state index in [1.54, 1.807) is 30.3 Å². The van der Waals surface area contributed by atoms with Crippen molar-refractivity contribution in [3.05, 3.63) is 61.4 Å². The average molecular weight is 326 g/mol. The number of nitrogens with zero attached hydrogens (tertiary/aromatic N) is 1. The fourth-order valence-corrected chi connectivity index (χ4v) is 4.22. The van der Waals surface area contributed by atoms with Crippen molar-refractivity contribution in [3.63, 3.8) is 0 Å². The molecule has 5 radical (unpaired) electrons. The highest BCUT2D eigenvalue weighted by Crippen LogP contribution is 2.56. The average Bonchev–Trinajstić information content (AvgIpc) is 2.91. The molecule has 1 aromatic carbocycles. The summed E-state index contributed by atoms with van der Waals surface area (Å²) in [6, 6.07) is 8.35. The van der Waals surface area contributed by atoms with Crippen LogP contribution in [0.15, 0.2) is 30.3 Å². The standard InChI is InChI=1S/C17H20F3NP/c1-13(21(2)3)16-11-7-8-14(16)12-22(17(18,19)20)15-9-5-4-6-10-15/h4-11,13H,12H2,1-3H3/t13-,22-/m1/s1. The molecule has 1 aliphatic carbocycles. The zero-order valence-corrected chi connectivity index (χ0v) is 13.8. The summed E-state index contributed by atoms with van der Waals surface area (Å²) in [5.74, 6) is -2.40. The first-order chi connectivity index (χ1) is 10.3. The van der Waals surface area contributed by atoms with Gasteiger partial charge < -0.3 is 4.90 Å². The van der Waals surface area contributed by atoms with Gasteiger partial charge in [-0.05, 0) is 57.7 Å². The second-order valence-corrected chi connectivity index (χ2v) is 7.73. The molecule has 0 amide bonds. The van der Waals surface area contributed by atoms with Crippen LogP contribution < -0.4 is 5.30 Å². The lowest BCUT2D eigenvalue weighted by molar-refractivity contribution is -0.0390. The van der Waals surface area contributed by atoms with Gasteiger partial charge in [-0.25, -0.2) is 0 Å². The van der Waals surface area contributed by atoms with Gasteiger partial charge in [0.2, 0.25) is 0 Å². The van der Waals surface area contributed by atoms with E-state index in [1.165, 1.54) is 0 Å². The van der Waals surface area contributed by atoms with Crippen molar-refractivity contribution in [3.8, 4) is 0 Å². The third kappa shape index (κ3) is 4.23. The molecule has 119 valence electrons. The molecule has 0 aromatic heterocycles.